The van der Waals surface area contributed by atoms with Gasteiger partial charge in [0.1, 0.15) is 10.7 Å². The Hall–Kier alpha value is -1.07. The van der Waals surface area contributed by atoms with Gasteiger partial charge in [0.25, 0.3) is 0 Å². The molecule has 0 amide bonds. The highest BCUT2D eigenvalue weighted by molar-refractivity contribution is 7.99. The first kappa shape index (κ1) is 14.3. The van der Waals surface area contributed by atoms with Crippen molar-refractivity contribution in [2.75, 3.05) is 0 Å². The molecular weight excluding hydrogens is 283 g/mol. The van der Waals surface area contributed by atoms with Gasteiger partial charge in [0.05, 0.1) is 0 Å². The molecule has 102 valence electrons. The van der Waals surface area contributed by atoms with Gasteiger partial charge in [-0.1, -0.05) is 26.8 Å². The monoisotopic (exact) mass is 298 g/mol. The summed E-state index contributed by atoms with van der Waals surface area (Å²) in [4.78, 5) is 11.6. The number of aromatic carboxylic acids is 1. The molecule has 1 N–H and O–H groups in total. The number of fused-ring (bicyclic) bond motifs is 1. The van der Waals surface area contributed by atoms with Gasteiger partial charge in [0.2, 0.25) is 0 Å². The van der Waals surface area contributed by atoms with E-state index in [1.165, 1.54) is 6.07 Å². The maximum absolute atomic E-state index is 13.9. The average Bonchev–Trinajstić information content (AvgIpc) is 2.65. The summed E-state index contributed by atoms with van der Waals surface area (Å²) in [6.07, 6.45) is 0. The van der Waals surface area contributed by atoms with E-state index in [0.717, 1.165) is 11.3 Å². The summed E-state index contributed by atoms with van der Waals surface area (Å²) in [7, 11) is 0. The smallest absolute Gasteiger partial charge is 0.346 e. The quantitative estimate of drug-likeness (QED) is 0.887. The molecule has 0 atom stereocenters. The Kier molecular flexibility index (Phi) is 3.87. The summed E-state index contributed by atoms with van der Waals surface area (Å²) in [5, 5.41) is 9.73. The Morgan fingerprint density at radius 2 is 2.11 bits per heavy atom. The van der Waals surface area contributed by atoms with Crippen molar-refractivity contribution in [2.45, 2.75) is 31.3 Å². The Balaban J connectivity index is 2.55. The van der Waals surface area contributed by atoms with Crippen LogP contribution in [0.3, 0.4) is 0 Å². The first-order valence-corrected chi connectivity index (χ1v) is 7.67. The zero-order valence-electron chi connectivity index (χ0n) is 11.0. The summed E-state index contributed by atoms with van der Waals surface area (Å²) in [5.41, 5.74) is 0.602. The van der Waals surface area contributed by atoms with Crippen LogP contribution in [0, 0.1) is 5.82 Å². The van der Waals surface area contributed by atoms with Gasteiger partial charge in [0, 0.05) is 20.6 Å². The average molecular weight is 298 g/mol. The summed E-state index contributed by atoms with van der Waals surface area (Å²) < 4.78 is 14.7. The number of carboxylic acid groups (broad SMARTS) is 1. The van der Waals surface area contributed by atoms with Gasteiger partial charge in [-0.3, -0.25) is 0 Å². The van der Waals surface area contributed by atoms with Crippen LogP contribution in [0.2, 0.25) is 0 Å². The predicted octanol–water partition coefficient (Wildman–Crippen LogP) is 4.77. The summed E-state index contributed by atoms with van der Waals surface area (Å²) in [6.45, 7) is 6.18. The van der Waals surface area contributed by atoms with Crippen molar-refractivity contribution in [3.05, 3.63) is 34.5 Å². The predicted molar refractivity (Wildman–Crippen MR) is 79.8 cm³/mol. The van der Waals surface area contributed by atoms with Crippen LogP contribution in [0.5, 0.6) is 0 Å². The van der Waals surface area contributed by atoms with E-state index in [2.05, 4.69) is 20.8 Å². The third kappa shape index (κ3) is 3.09. The van der Waals surface area contributed by atoms with Crippen LogP contribution in [0.25, 0.3) is 10.1 Å². The molecule has 0 aliphatic rings. The lowest BCUT2D eigenvalue weighted by molar-refractivity contribution is 0.0701. The van der Waals surface area contributed by atoms with Crippen molar-refractivity contribution in [3.63, 3.8) is 0 Å². The standard InChI is InChI=1S/C14H15FO2S2/c1-14(2,3)18-7-8-11-9(15)5-4-6-10(11)19-12(8)13(16)17/h4-6H,7H2,1-3H3,(H,16,17). The molecule has 1 heterocycles. The molecule has 5 heteroatoms. The van der Waals surface area contributed by atoms with Crippen LogP contribution in [-0.2, 0) is 5.75 Å². The number of thioether (sulfide) groups is 1. The lowest BCUT2D eigenvalue weighted by Crippen LogP contribution is -2.08. The molecule has 0 aliphatic carbocycles. The maximum Gasteiger partial charge on any atom is 0.346 e. The molecule has 2 rings (SSSR count). The second-order valence-electron chi connectivity index (χ2n) is 5.23. The molecule has 2 nitrogen and oxygen atoms in total. The second-order valence-corrected chi connectivity index (χ2v) is 8.08. The zero-order valence-corrected chi connectivity index (χ0v) is 12.6. The van der Waals surface area contributed by atoms with E-state index in [-0.39, 0.29) is 15.4 Å². The van der Waals surface area contributed by atoms with Crippen LogP contribution < -0.4 is 0 Å². The molecule has 0 bridgehead atoms. The molecule has 0 aliphatic heterocycles. The third-order valence-electron chi connectivity index (χ3n) is 2.61. The van der Waals surface area contributed by atoms with Crippen LogP contribution >= 0.6 is 23.1 Å². The van der Waals surface area contributed by atoms with Gasteiger partial charge in [-0.25, -0.2) is 9.18 Å². The maximum atomic E-state index is 13.9. The van der Waals surface area contributed by atoms with Crippen molar-refractivity contribution in [3.8, 4) is 0 Å². The number of halogens is 1. The van der Waals surface area contributed by atoms with Crippen molar-refractivity contribution >= 4 is 39.2 Å². The molecule has 2 aromatic rings. The molecule has 0 fully saturated rings. The van der Waals surface area contributed by atoms with Gasteiger partial charge in [-0.05, 0) is 17.7 Å². The van der Waals surface area contributed by atoms with E-state index in [4.69, 9.17) is 0 Å². The largest absolute Gasteiger partial charge is 0.477 e. The second kappa shape index (κ2) is 5.13. The zero-order chi connectivity index (χ0) is 14.2. The van der Waals surface area contributed by atoms with E-state index in [0.29, 0.717) is 21.4 Å². The first-order valence-electron chi connectivity index (χ1n) is 5.87. The van der Waals surface area contributed by atoms with Crippen LogP contribution in [0.4, 0.5) is 4.39 Å². The minimum Gasteiger partial charge on any atom is -0.477 e. The number of thiophene rings is 1. The van der Waals surface area contributed by atoms with Gasteiger partial charge in [-0.2, -0.15) is 11.8 Å². The number of hydrogen-bond acceptors (Lipinski definition) is 3. The Bertz CT molecular complexity index is 626. The minimum absolute atomic E-state index is 0.00922. The van der Waals surface area contributed by atoms with E-state index < -0.39 is 5.97 Å². The van der Waals surface area contributed by atoms with Gasteiger partial charge < -0.3 is 5.11 Å². The summed E-state index contributed by atoms with van der Waals surface area (Å²) in [6, 6.07) is 4.76. The molecule has 1 aromatic carbocycles. The van der Waals surface area contributed by atoms with Gasteiger partial charge in [0.15, 0.2) is 0 Å². The van der Waals surface area contributed by atoms with Crippen molar-refractivity contribution in [2.24, 2.45) is 0 Å². The highest BCUT2D eigenvalue weighted by atomic mass is 32.2. The molecule has 1 aromatic heterocycles. The molecule has 0 saturated heterocycles. The van der Waals surface area contributed by atoms with E-state index in [1.54, 1.807) is 23.9 Å². The fraction of sp³-hybridized carbons (Fsp3) is 0.357. The lowest BCUT2D eigenvalue weighted by atomic mass is 10.1. The molecule has 0 unspecified atom stereocenters. The minimum atomic E-state index is -0.981. The molecule has 0 spiro atoms. The van der Waals surface area contributed by atoms with Crippen molar-refractivity contribution in [1.29, 1.82) is 0 Å². The van der Waals surface area contributed by atoms with Crippen LogP contribution in [0.1, 0.15) is 36.0 Å². The van der Waals surface area contributed by atoms with E-state index in [1.807, 2.05) is 0 Å². The number of carbonyl (C=O) groups is 1. The fourth-order valence-electron chi connectivity index (χ4n) is 1.77. The normalized spacial score (nSPS) is 12.0. The van der Waals surface area contributed by atoms with E-state index in [9.17, 15) is 14.3 Å². The Labute approximate surface area is 119 Å². The topological polar surface area (TPSA) is 37.3 Å². The fourth-order valence-corrected chi connectivity index (χ4v) is 3.80. The molecule has 19 heavy (non-hydrogen) atoms. The van der Waals surface area contributed by atoms with Gasteiger partial charge in [-0.15, -0.1) is 11.3 Å². The number of rotatable bonds is 3. The first-order chi connectivity index (χ1) is 8.79. The van der Waals surface area contributed by atoms with Gasteiger partial charge >= 0.3 is 5.97 Å². The SMILES string of the molecule is CC(C)(C)SCc1c(C(=O)O)sc2cccc(F)c12. The molecule has 0 radical (unpaired) electrons. The highest BCUT2D eigenvalue weighted by Gasteiger charge is 2.22. The Morgan fingerprint density at radius 3 is 2.68 bits per heavy atom. The number of hydrogen-bond donors (Lipinski definition) is 1. The number of carboxylic acids is 1. The van der Waals surface area contributed by atoms with Crippen molar-refractivity contribution < 1.29 is 14.3 Å². The highest BCUT2D eigenvalue weighted by Crippen LogP contribution is 2.38. The summed E-state index contributed by atoms with van der Waals surface area (Å²) in [5.74, 6) is -0.817. The summed E-state index contributed by atoms with van der Waals surface area (Å²) >= 11 is 2.77. The third-order valence-corrected chi connectivity index (χ3v) is 5.09. The van der Waals surface area contributed by atoms with E-state index >= 15 is 0 Å². The molecule has 0 saturated carbocycles. The number of benzene rings is 1. The molecular formula is C14H15FO2S2. The van der Waals surface area contributed by atoms with Crippen LogP contribution in [0.15, 0.2) is 18.2 Å². The lowest BCUT2D eigenvalue weighted by Gasteiger charge is -2.17. The van der Waals surface area contributed by atoms with Crippen LogP contribution in [-0.4, -0.2) is 15.8 Å². The Morgan fingerprint density at radius 1 is 1.42 bits per heavy atom. The van der Waals surface area contributed by atoms with Crippen molar-refractivity contribution in [1.82, 2.24) is 0 Å².